The third-order valence-corrected chi connectivity index (χ3v) is 7.00. The van der Waals surface area contributed by atoms with Gasteiger partial charge in [-0.25, -0.2) is 9.97 Å². The Morgan fingerprint density at radius 1 is 1.12 bits per heavy atom. The van der Waals surface area contributed by atoms with Crippen molar-refractivity contribution in [2.45, 2.75) is 63.3 Å². The molecule has 2 fully saturated rings. The molecule has 7 heteroatoms. The lowest BCUT2D eigenvalue weighted by Gasteiger charge is -2.41. The Morgan fingerprint density at radius 2 is 1.84 bits per heavy atom. The van der Waals surface area contributed by atoms with E-state index in [1.54, 1.807) is 20.4 Å². The number of carbonyl (C=O) groups excluding carboxylic acids is 2. The van der Waals surface area contributed by atoms with E-state index in [0.29, 0.717) is 23.6 Å². The molecule has 1 aliphatic heterocycles. The van der Waals surface area contributed by atoms with Gasteiger partial charge in [0.05, 0.1) is 29.8 Å². The number of rotatable bonds is 5. The average molecular weight is 437 g/mol. The smallest absolute Gasteiger partial charge is 0.254 e. The number of benzene rings is 1. The molecule has 1 N–H and O–H groups in total. The number of hydrogen-bond donors (Lipinski definition) is 1. The minimum absolute atomic E-state index is 0.156. The van der Waals surface area contributed by atoms with Crippen molar-refractivity contribution in [1.29, 1.82) is 0 Å². The molecule has 0 bridgehead atoms. The van der Waals surface area contributed by atoms with E-state index in [1.807, 2.05) is 36.1 Å². The molecule has 1 aromatic carbocycles. The van der Waals surface area contributed by atoms with Gasteiger partial charge in [-0.05, 0) is 50.3 Å². The van der Waals surface area contributed by atoms with E-state index in [2.05, 4.69) is 15.3 Å². The molecule has 1 saturated heterocycles. The summed E-state index contributed by atoms with van der Waals surface area (Å²) in [7, 11) is 3.25. The molecule has 0 unspecified atom stereocenters. The largest absolute Gasteiger partial charge is 0.497 e. The minimum Gasteiger partial charge on any atom is -0.497 e. The monoisotopic (exact) mass is 436 g/mol. The van der Waals surface area contributed by atoms with Gasteiger partial charge in [-0.1, -0.05) is 31.4 Å². The average Bonchev–Trinajstić information content (AvgIpc) is 3.33. The fourth-order valence-electron chi connectivity index (χ4n) is 5.31. The molecule has 7 nitrogen and oxygen atoms in total. The Bertz CT molecular complexity index is 983. The normalized spacial score (nSPS) is 20.1. The van der Waals surface area contributed by atoms with Gasteiger partial charge in [0.25, 0.3) is 5.91 Å². The molecule has 2 amide bonds. The third kappa shape index (κ3) is 3.96. The third-order valence-electron chi connectivity index (χ3n) is 7.00. The molecular weight excluding hydrogens is 404 g/mol. The fraction of sp³-hybridized carbons (Fsp3) is 0.520. The van der Waals surface area contributed by atoms with E-state index in [4.69, 9.17) is 4.74 Å². The van der Waals surface area contributed by atoms with Crippen molar-refractivity contribution in [3.05, 3.63) is 53.1 Å². The molecule has 4 rings (SSSR count). The van der Waals surface area contributed by atoms with Gasteiger partial charge in [0.2, 0.25) is 5.91 Å². The number of amides is 2. The highest BCUT2D eigenvalue weighted by Crippen LogP contribution is 2.45. The van der Waals surface area contributed by atoms with Crippen LogP contribution < -0.4 is 10.1 Å². The highest BCUT2D eigenvalue weighted by Gasteiger charge is 2.47. The van der Waals surface area contributed by atoms with Crippen molar-refractivity contribution < 1.29 is 14.3 Å². The van der Waals surface area contributed by atoms with Crippen LogP contribution in [0.5, 0.6) is 5.75 Å². The van der Waals surface area contributed by atoms with Gasteiger partial charge >= 0.3 is 0 Å². The van der Waals surface area contributed by atoms with E-state index < -0.39 is 5.41 Å². The van der Waals surface area contributed by atoms with Crippen LogP contribution in [0.4, 0.5) is 0 Å². The second-order valence-electron chi connectivity index (χ2n) is 8.82. The van der Waals surface area contributed by atoms with Gasteiger partial charge in [-0.3, -0.25) is 9.59 Å². The van der Waals surface area contributed by atoms with Gasteiger partial charge in [0.1, 0.15) is 11.6 Å². The van der Waals surface area contributed by atoms with Crippen molar-refractivity contribution in [2.75, 3.05) is 20.7 Å². The zero-order chi connectivity index (χ0) is 22.7. The molecule has 2 aromatic rings. The Kier molecular flexibility index (Phi) is 6.44. The number of carbonyl (C=O) groups is 2. The van der Waals surface area contributed by atoms with Crippen molar-refractivity contribution in [3.63, 3.8) is 0 Å². The molecule has 1 saturated carbocycles. The second kappa shape index (κ2) is 9.27. The molecule has 2 aliphatic rings. The summed E-state index contributed by atoms with van der Waals surface area (Å²) in [6, 6.07) is 7.75. The van der Waals surface area contributed by atoms with E-state index in [-0.39, 0.29) is 17.9 Å². The summed E-state index contributed by atoms with van der Waals surface area (Å²) >= 11 is 0. The highest BCUT2D eigenvalue weighted by molar-refractivity contribution is 5.95. The molecule has 0 spiro atoms. The topological polar surface area (TPSA) is 84.4 Å². The summed E-state index contributed by atoms with van der Waals surface area (Å²) in [6.07, 6.45) is 8.17. The predicted octanol–water partition coefficient (Wildman–Crippen LogP) is 3.72. The molecule has 170 valence electrons. The quantitative estimate of drug-likeness (QED) is 0.772. The first-order valence-electron chi connectivity index (χ1n) is 11.5. The van der Waals surface area contributed by atoms with Crippen LogP contribution >= 0.6 is 0 Å². The summed E-state index contributed by atoms with van der Waals surface area (Å²) in [5.74, 6) is 1.33. The lowest BCUT2D eigenvalue weighted by atomic mass is 9.68. The van der Waals surface area contributed by atoms with Crippen LogP contribution in [-0.2, 0) is 10.2 Å². The lowest BCUT2D eigenvalue weighted by Crippen LogP contribution is -2.48. The Labute approximate surface area is 189 Å². The van der Waals surface area contributed by atoms with E-state index in [0.717, 1.165) is 56.3 Å². The molecular formula is C25H32N4O3. The van der Waals surface area contributed by atoms with Crippen LogP contribution in [0.1, 0.15) is 78.4 Å². The predicted molar refractivity (Wildman–Crippen MR) is 122 cm³/mol. The highest BCUT2D eigenvalue weighted by atomic mass is 16.5. The van der Waals surface area contributed by atoms with Crippen LogP contribution in [-0.4, -0.2) is 47.4 Å². The van der Waals surface area contributed by atoms with Gasteiger partial charge < -0.3 is 15.0 Å². The van der Waals surface area contributed by atoms with Gasteiger partial charge in [-0.2, -0.15) is 0 Å². The summed E-state index contributed by atoms with van der Waals surface area (Å²) in [6.45, 7) is 2.50. The molecule has 1 atom stereocenters. The number of nitrogens with one attached hydrogen (secondary N) is 1. The van der Waals surface area contributed by atoms with Gasteiger partial charge in [-0.15, -0.1) is 0 Å². The van der Waals surface area contributed by atoms with Crippen LogP contribution in [0.2, 0.25) is 0 Å². The number of hydrogen-bond acceptors (Lipinski definition) is 5. The Hall–Kier alpha value is -2.96. The first-order valence-corrected chi connectivity index (χ1v) is 11.5. The van der Waals surface area contributed by atoms with Crippen molar-refractivity contribution >= 4 is 11.8 Å². The number of nitrogens with zero attached hydrogens (tertiary/aromatic N) is 3. The standard InChI is InChI=1S/C25H32N4O3/c1-17-27-16-20(23(30)26-2)22(28-17)21-8-7-15-29(21)24(31)25(13-5-4-6-14-25)18-9-11-19(32-3)12-10-18/h9-12,16,21H,4-8,13-15H2,1-3H3,(H,26,30)/t21-/m1/s1. The van der Waals surface area contributed by atoms with Crippen molar-refractivity contribution in [1.82, 2.24) is 20.2 Å². The number of ether oxygens (including phenoxy) is 1. The van der Waals surface area contributed by atoms with Crippen LogP contribution in [0, 0.1) is 6.92 Å². The molecule has 0 radical (unpaired) electrons. The minimum atomic E-state index is -0.539. The first-order chi connectivity index (χ1) is 15.5. The SMILES string of the molecule is CNC(=O)c1cnc(C)nc1[C@H]1CCCN1C(=O)C1(c2ccc(OC)cc2)CCCCC1. The molecule has 32 heavy (non-hydrogen) atoms. The Morgan fingerprint density at radius 3 is 2.50 bits per heavy atom. The summed E-state index contributed by atoms with van der Waals surface area (Å²) in [5, 5.41) is 2.68. The zero-order valence-electron chi connectivity index (χ0n) is 19.2. The maximum absolute atomic E-state index is 14.2. The second-order valence-corrected chi connectivity index (χ2v) is 8.82. The number of likely N-dealkylation sites (tertiary alicyclic amines) is 1. The summed E-state index contributed by atoms with van der Waals surface area (Å²) < 4.78 is 5.33. The lowest BCUT2D eigenvalue weighted by molar-refractivity contribution is -0.140. The summed E-state index contributed by atoms with van der Waals surface area (Å²) in [4.78, 5) is 37.6. The number of aromatic nitrogens is 2. The maximum atomic E-state index is 14.2. The number of methoxy groups -OCH3 is 1. The molecule has 1 aliphatic carbocycles. The van der Waals surface area contributed by atoms with Gasteiger partial charge in [0, 0.05) is 19.8 Å². The van der Waals surface area contributed by atoms with E-state index in [1.165, 1.54) is 0 Å². The summed E-state index contributed by atoms with van der Waals surface area (Å²) in [5.41, 5.74) is 1.62. The van der Waals surface area contributed by atoms with E-state index >= 15 is 0 Å². The molecule has 2 heterocycles. The number of aryl methyl sites for hydroxylation is 1. The van der Waals surface area contributed by atoms with Crippen LogP contribution in [0.3, 0.4) is 0 Å². The van der Waals surface area contributed by atoms with Crippen molar-refractivity contribution in [3.8, 4) is 5.75 Å². The first kappa shape index (κ1) is 22.2. The van der Waals surface area contributed by atoms with Crippen LogP contribution in [0.25, 0.3) is 0 Å². The van der Waals surface area contributed by atoms with Gasteiger partial charge in [0.15, 0.2) is 0 Å². The Balaban J connectivity index is 1.73. The van der Waals surface area contributed by atoms with E-state index in [9.17, 15) is 9.59 Å². The maximum Gasteiger partial charge on any atom is 0.254 e. The van der Waals surface area contributed by atoms with Crippen molar-refractivity contribution in [2.24, 2.45) is 0 Å². The van der Waals surface area contributed by atoms with Crippen LogP contribution in [0.15, 0.2) is 30.5 Å². The fourth-order valence-corrected chi connectivity index (χ4v) is 5.31. The molecule has 1 aromatic heterocycles. The zero-order valence-corrected chi connectivity index (χ0v) is 19.2.